The highest BCUT2D eigenvalue weighted by molar-refractivity contribution is 5.94. The molecule has 2 aromatic rings. The van der Waals surface area contributed by atoms with E-state index in [9.17, 15) is 9.59 Å². The fourth-order valence-corrected chi connectivity index (χ4v) is 4.61. The molecule has 4 rings (SSSR count). The Bertz CT molecular complexity index is 919. The second kappa shape index (κ2) is 7.99. The molecule has 0 unspecified atom stereocenters. The molecule has 0 spiro atoms. The quantitative estimate of drug-likeness (QED) is 0.839. The van der Waals surface area contributed by atoms with E-state index in [0.717, 1.165) is 41.9 Å². The number of carboxylic acids is 1. The molecule has 1 saturated carbocycles. The van der Waals surface area contributed by atoms with Crippen LogP contribution in [-0.2, 0) is 16.0 Å². The fourth-order valence-electron chi connectivity index (χ4n) is 4.61. The lowest BCUT2D eigenvalue weighted by Crippen LogP contribution is -2.51. The van der Waals surface area contributed by atoms with Crippen molar-refractivity contribution in [2.24, 2.45) is 0 Å². The van der Waals surface area contributed by atoms with E-state index in [2.05, 4.69) is 5.10 Å². The van der Waals surface area contributed by atoms with Gasteiger partial charge in [0.2, 0.25) is 0 Å². The Labute approximate surface area is 170 Å². The molecule has 0 radical (unpaired) electrons. The van der Waals surface area contributed by atoms with Crippen LogP contribution in [0.25, 0.3) is 5.69 Å². The van der Waals surface area contributed by atoms with E-state index in [1.54, 1.807) is 0 Å². The number of fused-ring (bicyclic) bond motifs is 1. The molecule has 1 aliphatic heterocycles. The zero-order chi connectivity index (χ0) is 20.5. The lowest BCUT2D eigenvalue weighted by atomic mass is 10.1. The summed E-state index contributed by atoms with van der Waals surface area (Å²) in [6.45, 7) is 5.10. The third-order valence-electron chi connectivity index (χ3n) is 6.13. The largest absolute Gasteiger partial charge is 0.481 e. The highest BCUT2D eigenvalue weighted by Crippen LogP contribution is 2.30. The third kappa shape index (κ3) is 3.79. The SMILES string of the molecule is Cc1nn(-c2ccc(C(=O)N3CCO[C@@H]4CCC[C@@H]43)cc2)c(C)c1CCC(=O)O. The maximum Gasteiger partial charge on any atom is 0.303 e. The van der Waals surface area contributed by atoms with Crippen molar-refractivity contribution in [3.63, 3.8) is 0 Å². The Kier molecular flexibility index (Phi) is 5.41. The predicted molar refractivity (Wildman–Crippen MR) is 107 cm³/mol. The van der Waals surface area contributed by atoms with Crippen LogP contribution in [0.4, 0.5) is 0 Å². The van der Waals surface area contributed by atoms with Crippen molar-refractivity contribution >= 4 is 11.9 Å². The van der Waals surface area contributed by atoms with Crippen molar-refractivity contribution < 1.29 is 19.4 Å². The Morgan fingerprint density at radius 3 is 2.69 bits per heavy atom. The van der Waals surface area contributed by atoms with Crippen molar-refractivity contribution in [2.45, 2.75) is 58.1 Å². The summed E-state index contributed by atoms with van der Waals surface area (Å²) in [4.78, 5) is 25.9. The lowest BCUT2D eigenvalue weighted by Gasteiger charge is -2.37. The number of aromatic nitrogens is 2. The van der Waals surface area contributed by atoms with Crippen molar-refractivity contribution in [1.82, 2.24) is 14.7 Å². The van der Waals surface area contributed by atoms with Crippen LogP contribution in [0.5, 0.6) is 0 Å². The van der Waals surface area contributed by atoms with E-state index in [-0.39, 0.29) is 24.5 Å². The zero-order valence-electron chi connectivity index (χ0n) is 16.9. The fraction of sp³-hybridized carbons (Fsp3) is 0.500. The number of rotatable bonds is 5. The molecule has 1 saturated heterocycles. The van der Waals surface area contributed by atoms with Gasteiger partial charge in [0.05, 0.1) is 30.1 Å². The van der Waals surface area contributed by atoms with Gasteiger partial charge in [-0.05, 0) is 69.4 Å². The van der Waals surface area contributed by atoms with Gasteiger partial charge >= 0.3 is 5.97 Å². The molecule has 7 nitrogen and oxygen atoms in total. The van der Waals surface area contributed by atoms with Gasteiger partial charge in [-0.3, -0.25) is 9.59 Å². The van der Waals surface area contributed by atoms with Gasteiger partial charge in [-0.1, -0.05) is 0 Å². The first-order chi connectivity index (χ1) is 14.0. The minimum atomic E-state index is -0.813. The summed E-state index contributed by atoms with van der Waals surface area (Å²) in [6, 6.07) is 7.71. The van der Waals surface area contributed by atoms with E-state index in [1.807, 2.05) is 47.7 Å². The minimum absolute atomic E-state index is 0.0623. The third-order valence-corrected chi connectivity index (χ3v) is 6.13. The first-order valence-corrected chi connectivity index (χ1v) is 10.3. The van der Waals surface area contributed by atoms with Gasteiger partial charge in [0.15, 0.2) is 0 Å². The highest BCUT2D eigenvalue weighted by Gasteiger charge is 2.38. The number of carbonyl (C=O) groups is 2. The normalized spacial score (nSPS) is 21.2. The van der Waals surface area contributed by atoms with Crippen LogP contribution >= 0.6 is 0 Å². The molecular weight excluding hydrogens is 370 g/mol. The van der Waals surface area contributed by atoms with Crippen molar-refractivity contribution in [3.8, 4) is 5.69 Å². The van der Waals surface area contributed by atoms with Gasteiger partial charge in [0, 0.05) is 24.2 Å². The molecule has 0 bridgehead atoms. The monoisotopic (exact) mass is 397 g/mol. The molecule has 29 heavy (non-hydrogen) atoms. The van der Waals surface area contributed by atoms with Gasteiger partial charge in [-0.2, -0.15) is 5.10 Å². The summed E-state index contributed by atoms with van der Waals surface area (Å²) in [7, 11) is 0. The van der Waals surface area contributed by atoms with Crippen LogP contribution in [0.2, 0.25) is 0 Å². The van der Waals surface area contributed by atoms with Gasteiger partial charge < -0.3 is 14.7 Å². The molecule has 1 aromatic carbocycles. The van der Waals surface area contributed by atoms with Crippen LogP contribution < -0.4 is 0 Å². The Balaban J connectivity index is 1.53. The molecule has 1 amide bonds. The summed E-state index contributed by atoms with van der Waals surface area (Å²) in [6.07, 6.45) is 3.90. The Morgan fingerprint density at radius 2 is 1.97 bits per heavy atom. The van der Waals surface area contributed by atoms with Gasteiger partial charge in [0.1, 0.15) is 0 Å². The van der Waals surface area contributed by atoms with E-state index in [0.29, 0.717) is 25.1 Å². The number of morpholine rings is 1. The summed E-state index contributed by atoms with van der Waals surface area (Å²) in [5, 5.41) is 13.5. The number of ether oxygens (including phenoxy) is 1. The number of amides is 1. The molecule has 7 heteroatoms. The number of carbonyl (C=O) groups excluding carboxylic acids is 1. The number of hydrogen-bond acceptors (Lipinski definition) is 4. The highest BCUT2D eigenvalue weighted by atomic mass is 16.5. The first-order valence-electron chi connectivity index (χ1n) is 10.3. The molecule has 2 fully saturated rings. The van der Waals surface area contributed by atoms with E-state index in [4.69, 9.17) is 9.84 Å². The maximum atomic E-state index is 13.1. The predicted octanol–water partition coefficient (Wildman–Crippen LogP) is 2.90. The topological polar surface area (TPSA) is 84.7 Å². The summed E-state index contributed by atoms with van der Waals surface area (Å²) in [5.74, 6) is -0.751. The van der Waals surface area contributed by atoms with Crippen LogP contribution in [0.15, 0.2) is 24.3 Å². The Morgan fingerprint density at radius 1 is 1.21 bits per heavy atom. The molecule has 1 aromatic heterocycles. The van der Waals surface area contributed by atoms with Crippen LogP contribution in [0.1, 0.15) is 53.0 Å². The Hall–Kier alpha value is -2.67. The first kappa shape index (κ1) is 19.6. The number of benzene rings is 1. The molecule has 154 valence electrons. The molecule has 2 heterocycles. The molecule has 2 atom stereocenters. The number of carboxylic acid groups (broad SMARTS) is 1. The van der Waals surface area contributed by atoms with Gasteiger partial charge in [0.25, 0.3) is 5.91 Å². The molecule has 2 aliphatic rings. The second-order valence-corrected chi connectivity index (χ2v) is 7.91. The van der Waals surface area contributed by atoms with Crippen molar-refractivity contribution in [3.05, 3.63) is 46.8 Å². The number of hydrogen-bond donors (Lipinski definition) is 1. The minimum Gasteiger partial charge on any atom is -0.481 e. The maximum absolute atomic E-state index is 13.1. The van der Waals surface area contributed by atoms with Crippen LogP contribution in [-0.4, -0.2) is 57.0 Å². The second-order valence-electron chi connectivity index (χ2n) is 7.91. The average Bonchev–Trinajstić information content (AvgIpc) is 3.30. The number of aliphatic carboxylic acids is 1. The smallest absolute Gasteiger partial charge is 0.303 e. The summed E-state index contributed by atoms with van der Waals surface area (Å²) in [5.41, 5.74) is 4.28. The van der Waals surface area contributed by atoms with Crippen LogP contribution in [0, 0.1) is 13.8 Å². The molecule has 1 aliphatic carbocycles. The van der Waals surface area contributed by atoms with E-state index in [1.165, 1.54) is 0 Å². The van der Waals surface area contributed by atoms with Crippen molar-refractivity contribution in [1.29, 1.82) is 0 Å². The van der Waals surface area contributed by atoms with Gasteiger partial charge in [-0.25, -0.2) is 4.68 Å². The van der Waals surface area contributed by atoms with E-state index >= 15 is 0 Å². The number of aryl methyl sites for hydroxylation is 1. The van der Waals surface area contributed by atoms with Gasteiger partial charge in [-0.15, -0.1) is 0 Å². The lowest BCUT2D eigenvalue weighted by molar-refractivity contribution is -0.136. The van der Waals surface area contributed by atoms with E-state index < -0.39 is 5.97 Å². The standard InChI is InChI=1S/C22H27N3O4/c1-14-18(10-11-21(26)27)15(2)25(23-14)17-8-6-16(7-9-17)22(28)24-12-13-29-20-5-3-4-19(20)24/h6-9,19-20H,3-5,10-13H2,1-2H3,(H,26,27)/t19-,20+/m0/s1. The molecular formula is C22H27N3O4. The summed E-state index contributed by atoms with van der Waals surface area (Å²) < 4.78 is 7.64. The van der Waals surface area contributed by atoms with Crippen molar-refractivity contribution in [2.75, 3.05) is 13.2 Å². The van der Waals surface area contributed by atoms with Crippen LogP contribution in [0.3, 0.4) is 0 Å². The zero-order valence-corrected chi connectivity index (χ0v) is 16.9. The molecule has 1 N–H and O–H groups in total. The average molecular weight is 397 g/mol. The number of nitrogens with zero attached hydrogens (tertiary/aromatic N) is 3. The summed E-state index contributed by atoms with van der Waals surface area (Å²) >= 11 is 0.